The molecule has 1 aliphatic rings. The second-order valence-electron chi connectivity index (χ2n) is 7.67. The summed E-state index contributed by atoms with van der Waals surface area (Å²) in [6, 6.07) is 12.2. The predicted molar refractivity (Wildman–Crippen MR) is 117 cm³/mol. The third kappa shape index (κ3) is 3.02. The number of nitrogens with zero attached hydrogens (tertiary/aromatic N) is 4. The molecule has 8 heteroatoms. The Hall–Kier alpha value is -2.71. The molecule has 1 fully saturated rings. The highest BCUT2D eigenvalue weighted by molar-refractivity contribution is 9.10. The summed E-state index contributed by atoms with van der Waals surface area (Å²) in [6.45, 7) is 1.41. The van der Waals surface area contributed by atoms with Gasteiger partial charge in [0.2, 0.25) is 0 Å². The molecular weight excluding hydrogens is 448 g/mol. The average Bonchev–Trinajstić information content (AvgIpc) is 3.26. The van der Waals surface area contributed by atoms with E-state index in [9.17, 15) is 9.90 Å². The Morgan fingerprint density at radius 1 is 1.23 bits per heavy atom. The van der Waals surface area contributed by atoms with E-state index in [0.29, 0.717) is 24.6 Å². The molecule has 1 aliphatic heterocycles. The molecule has 1 aromatic carbocycles. The number of carbonyl (C=O) groups is 1. The molecule has 7 nitrogen and oxygen atoms in total. The first-order chi connectivity index (χ1) is 14.6. The van der Waals surface area contributed by atoms with Gasteiger partial charge in [0.25, 0.3) is 0 Å². The normalized spacial score (nSPS) is 16.3. The van der Waals surface area contributed by atoms with Crippen LogP contribution < -0.4 is 0 Å². The third-order valence-electron chi connectivity index (χ3n) is 5.92. The number of pyridine rings is 1. The van der Waals surface area contributed by atoms with Crippen molar-refractivity contribution in [3.63, 3.8) is 0 Å². The van der Waals surface area contributed by atoms with Gasteiger partial charge in [0, 0.05) is 30.9 Å². The summed E-state index contributed by atoms with van der Waals surface area (Å²) < 4.78 is 10.2. The highest BCUT2D eigenvalue weighted by Gasteiger charge is 2.33. The number of rotatable bonds is 4. The van der Waals surface area contributed by atoms with Crippen LogP contribution in [0.15, 0.2) is 47.1 Å². The van der Waals surface area contributed by atoms with Crippen LogP contribution in [0, 0.1) is 5.92 Å². The number of aromatic carboxylic acids is 1. The fraction of sp³-hybridized carbons (Fsp3) is 0.318. The number of aromatic nitrogens is 4. The largest absolute Gasteiger partial charge is 0.476 e. The van der Waals surface area contributed by atoms with Gasteiger partial charge in [0.1, 0.15) is 16.6 Å². The number of ether oxygens (including phenoxy) is 1. The highest BCUT2D eigenvalue weighted by atomic mass is 79.9. The summed E-state index contributed by atoms with van der Waals surface area (Å²) in [5, 5.41) is 14.2. The Bertz CT molecular complexity index is 1240. The first kappa shape index (κ1) is 19.3. The van der Waals surface area contributed by atoms with E-state index in [1.807, 2.05) is 24.3 Å². The summed E-state index contributed by atoms with van der Waals surface area (Å²) in [7, 11) is 1.77. The van der Waals surface area contributed by atoms with E-state index < -0.39 is 5.97 Å². The third-order valence-corrected chi connectivity index (χ3v) is 6.35. The maximum absolute atomic E-state index is 12.1. The first-order valence-electron chi connectivity index (χ1n) is 9.94. The van der Waals surface area contributed by atoms with E-state index in [4.69, 9.17) is 4.74 Å². The van der Waals surface area contributed by atoms with Gasteiger partial charge in [-0.3, -0.25) is 9.67 Å². The van der Waals surface area contributed by atoms with E-state index in [2.05, 4.69) is 42.7 Å². The molecule has 30 heavy (non-hydrogen) atoms. The van der Waals surface area contributed by atoms with Gasteiger partial charge in [0.05, 0.1) is 11.6 Å². The number of carboxylic acid groups (broad SMARTS) is 1. The molecule has 0 saturated carbocycles. The number of halogens is 1. The minimum Gasteiger partial charge on any atom is -0.476 e. The monoisotopic (exact) mass is 468 g/mol. The fourth-order valence-corrected chi connectivity index (χ4v) is 4.99. The molecule has 0 amide bonds. The molecule has 0 aliphatic carbocycles. The number of aryl methyl sites for hydroxylation is 1. The lowest BCUT2D eigenvalue weighted by molar-refractivity contribution is 0.0551. The SMILES string of the molecule is Cn1nc(C(=O)O)c2c1c1ncc(Br)cc1n2C(c1ccccc1)C1CCOCC1. The molecule has 1 atom stereocenters. The lowest BCUT2D eigenvalue weighted by Gasteiger charge is -2.33. The van der Waals surface area contributed by atoms with Gasteiger partial charge in [-0.1, -0.05) is 30.3 Å². The van der Waals surface area contributed by atoms with Crippen molar-refractivity contribution in [1.29, 1.82) is 0 Å². The molecule has 5 rings (SSSR count). The van der Waals surface area contributed by atoms with Gasteiger partial charge in [0.15, 0.2) is 5.69 Å². The van der Waals surface area contributed by atoms with Gasteiger partial charge < -0.3 is 14.4 Å². The van der Waals surface area contributed by atoms with Gasteiger partial charge in [-0.15, -0.1) is 0 Å². The first-order valence-corrected chi connectivity index (χ1v) is 10.7. The molecule has 154 valence electrons. The van der Waals surface area contributed by atoms with Crippen LogP contribution >= 0.6 is 15.9 Å². The van der Waals surface area contributed by atoms with Crippen LogP contribution in [-0.2, 0) is 11.8 Å². The summed E-state index contributed by atoms with van der Waals surface area (Å²) in [5.41, 5.74) is 4.20. The van der Waals surface area contributed by atoms with Crippen molar-refractivity contribution in [2.75, 3.05) is 13.2 Å². The zero-order chi connectivity index (χ0) is 20.8. The van der Waals surface area contributed by atoms with Crippen LogP contribution in [0.25, 0.3) is 22.1 Å². The number of benzene rings is 1. The molecule has 0 radical (unpaired) electrons. The van der Waals surface area contributed by atoms with Crippen LogP contribution in [0.4, 0.5) is 0 Å². The van der Waals surface area contributed by atoms with Crippen molar-refractivity contribution in [3.05, 3.63) is 58.3 Å². The van der Waals surface area contributed by atoms with Crippen LogP contribution in [0.5, 0.6) is 0 Å². The van der Waals surface area contributed by atoms with E-state index >= 15 is 0 Å². The molecule has 0 bridgehead atoms. The second-order valence-corrected chi connectivity index (χ2v) is 8.59. The summed E-state index contributed by atoms with van der Waals surface area (Å²) in [4.78, 5) is 16.8. The van der Waals surface area contributed by atoms with E-state index in [1.54, 1.807) is 17.9 Å². The Morgan fingerprint density at radius 2 is 1.97 bits per heavy atom. The molecule has 1 saturated heterocycles. The smallest absolute Gasteiger partial charge is 0.358 e. The molecule has 1 N–H and O–H groups in total. The fourth-order valence-electron chi connectivity index (χ4n) is 4.67. The minimum absolute atomic E-state index is 0.0477. The van der Waals surface area contributed by atoms with Crippen LogP contribution in [0.1, 0.15) is 34.9 Å². The van der Waals surface area contributed by atoms with Crippen LogP contribution in [-0.4, -0.2) is 43.6 Å². The summed E-state index contributed by atoms with van der Waals surface area (Å²) in [5.74, 6) is -0.733. The molecule has 3 aromatic heterocycles. The summed E-state index contributed by atoms with van der Waals surface area (Å²) in [6.07, 6.45) is 3.56. The molecule has 4 heterocycles. The Morgan fingerprint density at radius 3 is 2.67 bits per heavy atom. The lowest BCUT2D eigenvalue weighted by Crippen LogP contribution is -2.27. The predicted octanol–water partition coefficient (Wildman–Crippen LogP) is 4.40. The Balaban J connectivity index is 1.89. The Kier molecular flexibility index (Phi) is 4.83. The van der Waals surface area contributed by atoms with Gasteiger partial charge in [-0.25, -0.2) is 4.79 Å². The van der Waals surface area contributed by atoms with E-state index in [-0.39, 0.29) is 11.7 Å². The van der Waals surface area contributed by atoms with Crippen molar-refractivity contribution in [1.82, 2.24) is 19.3 Å². The van der Waals surface area contributed by atoms with E-state index in [0.717, 1.165) is 39.4 Å². The van der Waals surface area contributed by atoms with Gasteiger partial charge in [-0.05, 0) is 46.3 Å². The van der Waals surface area contributed by atoms with Crippen LogP contribution in [0.3, 0.4) is 0 Å². The second kappa shape index (κ2) is 7.52. The maximum atomic E-state index is 12.1. The number of fused-ring (bicyclic) bond motifs is 3. The van der Waals surface area contributed by atoms with E-state index in [1.165, 1.54) is 0 Å². The zero-order valence-corrected chi connectivity index (χ0v) is 18.0. The molecule has 0 spiro atoms. The van der Waals surface area contributed by atoms with Crippen LogP contribution in [0.2, 0.25) is 0 Å². The van der Waals surface area contributed by atoms with Crippen molar-refractivity contribution >= 4 is 44.0 Å². The number of carboxylic acids is 1. The zero-order valence-electron chi connectivity index (χ0n) is 16.5. The standard InChI is InChI=1S/C22H21BrN4O3/c1-26-20-17-16(11-15(23)12-24-17)27(21(20)18(25-26)22(28)29)19(13-5-3-2-4-6-13)14-7-9-30-10-8-14/h2-6,11-12,14,19H,7-10H2,1H3,(H,28,29). The highest BCUT2D eigenvalue weighted by Crippen LogP contribution is 2.41. The Labute approximate surface area is 181 Å². The number of hydrogen-bond donors (Lipinski definition) is 1. The van der Waals surface area contributed by atoms with Crippen molar-refractivity contribution < 1.29 is 14.6 Å². The topological polar surface area (TPSA) is 82.2 Å². The molecule has 4 aromatic rings. The molecular formula is C22H21BrN4O3. The average molecular weight is 469 g/mol. The van der Waals surface area contributed by atoms with Gasteiger partial charge >= 0.3 is 5.97 Å². The lowest BCUT2D eigenvalue weighted by atomic mass is 9.86. The quantitative estimate of drug-likeness (QED) is 0.479. The summed E-state index contributed by atoms with van der Waals surface area (Å²) >= 11 is 3.54. The van der Waals surface area contributed by atoms with Gasteiger partial charge in [-0.2, -0.15) is 5.10 Å². The van der Waals surface area contributed by atoms with Crippen molar-refractivity contribution in [2.24, 2.45) is 13.0 Å². The number of hydrogen-bond acceptors (Lipinski definition) is 4. The minimum atomic E-state index is -1.04. The maximum Gasteiger partial charge on any atom is 0.358 e. The van der Waals surface area contributed by atoms with Crippen molar-refractivity contribution in [2.45, 2.75) is 18.9 Å². The van der Waals surface area contributed by atoms with Crippen molar-refractivity contribution in [3.8, 4) is 0 Å². The molecule has 1 unspecified atom stereocenters.